The van der Waals surface area contributed by atoms with Crippen LogP contribution >= 0.6 is 0 Å². The van der Waals surface area contributed by atoms with Crippen LogP contribution in [-0.2, 0) is 19.1 Å². The highest BCUT2D eigenvalue weighted by atomic mass is 16.5. The van der Waals surface area contributed by atoms with E-state index in [4.69, 9.17) is 9.47 Å². The highest BCUT2D eigenvalue weighted by Crippen LogP contribution is 2.76. The molecule has 0 aromatic carbocycles. The van der Waals surface area contributed by atoms with Gasteiger partial charge in [0.15, 0.2) is 0 Å². The molecule has 5 aliphatic carbocycles. The number of carbonyl (C=O) groups is 2. The lowest BCUT2D eigenvalue weighted by molar-refractivity contribution is -0.233. The lowest BCUT2D eigenvalue weighted by atomic mass is 9.33. The Morgan fingerprint density at radius 1 is 0.921 bits per heavy atom. The fourth-order valence-corrected chi connectivity index (χ4v) is 11.3. The smallest absolute Gasteiger partial charge is 0.310 e. The summed E-state index contributed by atoms with van der Waals surface area (Å²) >= 11 is 0. The molecule has 0 saturated heterocycles. The SMILES string of the molecule is COC1C=C2C3CC(C)(C)CCC3(C(=O)O)CCC2(C)C2(C)CCC3C(C)(C)C(OC(C)=O)CCC3(C)C12. The highest BCUT2D eigenvalue weighted by molar-refractivity contribution is 5.76. The fourth-order valence-electron chi connectivity index (χ4n) is 11.3. The van der Waals surface area contributed by atoms with Gasteiger partial charge in [-0.2, -0.15) is 0 Å². The number of carboxylic acid groups (broad SMARTS) is 1. The van der Waals surface area contributed by atoms with E-state index < -0.39 is 11.4 Å². The third-order valence-corrected chi connectivity index (χ3v) is 13.5. The van der Waals surface area contributed by atoms with Crippen molar-refractivity contribution in [1.82, 2.24) is 0 Å². The van der Waals surface area contributed by atoms with Gasteiger partial charge in [-0.25, -0.2) is 0 Å². The molecule has 214 valence electrons. The third kappa shape index (κ3) is 3.58. The molecule has 0 heterocycles. The van der Waals surface area contributed by atoms with E-state index in [1.165, 1.54) is 12.5 Å². The van der Waals surface area contributed by atoms with Crippen LogP contribution in [0.3, 0.4) is 0 Å². The van der Waals surface area contributed by atoms with E-state index in [0.29, 0.717) is 11.8 Å². The zero-order valence-corrected chi connectivity index (χ0v) is 25.4. The fraction of sp³-hybridized carbons (Fsp3) is 0.879. The van der Waals surface area contributed by atoms with Crippen LogP contribution in [0.25, 0.3) is 0 Å². The number of fused-ring (bicyclic) bond motifs is 7. The Morgan fingerprint density at radius 3 is 2.18 bits per heavy atom. The zero-order chi connectivity index (χ0) is 28.1. The summed E-state index contributed by atoms with van der Waals surface area (Å²) in [5.41, 5.74) is 0.792. The van der Waals surface area contributed by atoms with Crippen molar-refractivity contribution >= 4 is 11.9 Å². The summed E-state index contributed by atoms with van der Waals surface area (Å²) in [6.45, 7) is 18.3. The van der Waals surface area contributed by atoms with Crippen molar-refractivity contribution in [3.05, 3.63) is 11.6 Å². The number of esters is 1. The van der Waals surface area contributed by atoms with Crippen LogP contribution in [0.1, 0.15) is 113 Å². The number of rotatable bonds is 3. The van der Waals surface area contributed by atoms with E-state index in [1.807, 2.05) is 7.11 Å². The largest absolute Gasteiger partial charge is 0.481 e. The number of carboxylic acids is 1. The minimum absolute atomic E-state index is 0.0135. The van der Waals surface area contributed by atoms with Gasteiger partial charge in [-0.15, -0.1) is 0 Å². The van der Waals surface area contributed by atoms with E-state index >= 15 is 0 Å². The monoisotopic (exact) mass is 528 g/mol. The van der Waals surface area contributed by atoms with Crippen molar-refractivity contribution in [2.24, 2.45) is 50.2 Å². The number of methoxy groups -OCH3 is 1. The van der Waals surface area contributed by atoms with Crippen molar-refractivity contribution < 1.29 is 24.2 Å². The van der Waals surface area contributed by atoms with Gasteiger partial charge in [-0.1, -0.05) is 60.1 Å². The molecule has 4 saturated carbocycles. The number of carbonyl (C=O) groups excluding carboxylic acids is 1. The summed E-state index contributed by atoms with van der Waals surface area (Å²) in [4.78, 5) is 24.9. The Morgan fingerprint density at radius 2 is 1.58 bits per heavy atom. The molecule has 0 radical (unpaired) electrons. The van der Waals surface area contributed by atoms with Gasteiger partial charge in [-0.3, -0.25) is 9.59 Å². The van der Waals surface area contributed by atoms with Crippen LogP contribution in [-0.4, -0.2) is 36.4 Å². The van der Waals surface area contributed by atoms with Crippen LogP contribution in [0.2, 0.25) is 0 Å². The molecule has 0 aliphatic heterocycles. The summed E-state index contributed by atoms with van der Waals surface area (Å²) in [5, 5.41) is 10.6. The number of hydrogen-bond acceptors (Lipinski definition) is 4. The molecule has 5 aliphatic rings. The second-order valence-electron chi connectivity index (χ2n) is 16.0. The molecule has 5 rings (SSSR count). The van der Waals surface area contributed by atoms with Crippen molar-refractivity contribution in [2.75, 3.05) is 7.11 Å². The van der Waals surface area contributed by atoms with Crippen molar-refractivity contribution in [1.29, 1.82) is 0 Å². The van der Waals surface area contributed by atoms with E-state index in [1.54, 1.807) is 0 Å². The van der Waals surface area contributed by atoms with Crippen molar-refractivity contribution in [2.45, 2.75) is 125 Å². The first-order valence-corrected chi connectivity index (χ1v) is 15.1. The van der Waals surface area contributed by atoms with Gasteiger partial charge in [0.25, 0.3) is 0 Å². The van der Waals surface area contributed by atoms with Gasteiger partial charge in [0.05, 0.1) is 11.5 Å². The molecule has 0 amide bonds. The Hall–Kier alpha value is -1.36. The van der Waals surface area contributed by atoms with Crippen molar-refractivity contribution in [3.63, 3.8) is 0 Å². The van der Waals surface area contributed by atoms with Crippen LogP contribution < -0.4 is 0 Å². The molecule has 5 nitrogen and oxygen atoms in total. The van der Waals surface area contributed by atoms with E-state index in [0.717, 1.165) is 57.8 Å². The molecular formula is C33H52O5. The maximum Gasteiger partial charge on any atom is 0.310 e. The molecule has 0 spiro atoms. The predicted octanol–water partition coefficient (Wildman–Crippen LogP) is 7.43. The van der Waals surface area contributed by atoms with Crippen LogP contribution in [0.15, 0.2) is 11.6 Å². The van der Waals surface area contributed by atoms with E-state index in [9.17, 15) is 14.7 Å². The Kier molecular flexibility index (Phi) is 6.36. The topological polar surface area (TPSA) is 72.8 Å². The maximum atomic E-state index is 12.9. The summed E-state index contributed by atoms with van der Waals surface area (Å²) in [6.07, 6.45) is 10.8. The number of hydrogen-bond donors (Lipinski definition) is 1. The first-order valence-electron chi connectivity index (χ1n) is 15.1. The third-order valence-electron chi connectivity index (χ3n) is 13.5. The molecule has 0 aromatic heterocycles. The molecule has 4 fully saturated rings. The second-order valence-corrected chi connectivity index (χ2v) is 16.0. The Bertz CT molecular complexity index is 1040. The summed E-state index contributed by atoms with van der Waals surface area (Å²) in [6, 6.07) is 0. The standard InChI is InChI=1S/C33H52O5/c1-20(34)38-25-11-12-30(6)24(29(25,4)5)10-13-32(8)26(30)23(37-9)18-21-22-19-28(2,3)14-16-33(22,27(35)36)17-15-31(21,32)7/h18,22-26H,10-17,19H2,1-9H3,(H,35,36). The maximum absolute atomic E-state index is 12.9. The number of ether oxygens (including phenoxy) is 2. The molecule has 38 heavy (non-hydrogen) atoms. The second kappa shape index (κ2) is 8.57. The molecule has 1 N–H and O–H groups in total. The summed E-state index contributed by atoms with van der Waals surface area (Å²) in [7, 11) is 1.85. The minimum Gasteiger partial charge on any atom is -0.481 e. The van der Waals surface area contributed by atoms with Gasteiger partial charge in [-0.05, 0) is 91.3 Å². The number of allylic oxidation sites excluding steroid dienone is 1. The first kappa shape index (κ1) is 28.2. The Balaban J connectivity index is 1.62. The van der Waals surface area contributed by atoms with Gasteiger partial charge in [0.2, 0.25) is 0 Å². The molecule has 0 bridgehead atoms. The predicted molar refractivity (Wildman–Crippen MR) is 148 cm³/mol. The normalized spacial score (nSPS) is 48.9. The summed E-state index contributed by atoms with van der Waals surface area (Å²) < 4.78 is 12.3. The Labute approximate surface area is 230 Å². The van der Waals surface area contributed by atoms with Crippen molar-refractivity contribution in [3.8, 4) is 0 Å². The van der Waals surface area contributed by atoms with Gasteiger partial charge < -0.3 is 14.6 Å². The van der Waals surface area contributed by atoms with E-state index in [-0.39, 0.29) is 51.2 Å². The van der Waals surface area contributed by atoms with Gasteiger partial charge >= 0.3 is 11.9 Å². The molecule has 9 atom stereocenters. The van der Waals surface area contributed by atoms with Crippen LogP contribution in [0.5, 0.6) is 0 Å². The average molecular weight is 529 g/mol. The highest BCUT2D eigenvalue weighted by Gasteiger charge is 2.71. The lowest BCUT2D eigenvalue weighted by Gasteiger charge is -2.72. The number of aliphatic carboxylic acids is 1. The molecule has 0 aromatic rings. The first-order chi connectivity index (χ1) is 17.5. The summed E-state index contributed by atoms with van der Waals surface area (Å²) in [5.74, 6) is 0.0547. The van der Waals surface area contributed by atoms with Gasteiger partial charge in [0.1, 0.15) is 6.10 Å². The minimum atomic E-state index is -0.645. The molecule has 9 unspecified atom stereocenters. The average Bonchev–Trinajstić information content (AvgIpc) is 2.80. The zero-order valence-electron chi connectivity index (χ0n) is 25.4. The van der Waals surface area contributed by atoms with Crippen LogP contribution in [0.4, 0.5) is 0 Å². The lowest BCUT2D eigenvalue weighted by Crippen LogP contribution is -2.68. The molecular weight excluding hydrogens is 476 g/mol. The molecule has 5 heteroatoms. The van der Waals surface area contributed by atoms with E-state index in [2.05, 4.69) is 54.5 Å². The van der Waals surface area contributed by atoms with Gasteiger partial charge in [0, 0.05) is 25.4 Å². The van der Waals surface area contributed by atoms with Crippen LogP contribution in [0, 0.1) is 50.2 Å². The quantitative estimate of drug-likeness (QED) is 0.305.